The summed E-state index contributed by atoms with van der Waals surface area (Å²) in [5.74, 6) is 1.15. The molecule has 2 aromatic rings. The number of carbonyl (C=O) groups is 1. The van der Waals surface area contributed by atoms with Crippen LogP contribution < -0.4 is 0 Å². The number of Topliss-reactive ketones (excluding diaryl/α,β-unsaturated/α-hetero) is 1. The predicted molar refractivity (Wildman–Crippen MR) is 90.4 cm³/mol. The van der Waals surface area contributed by atoms with Gasteiger partial charge in [-0.1, -0.05) is 36.4 Å². The molecule has 2 bridgehead atoms. The molecule has 0 N–H and O–H groups in total. The minimum absolute atomic E-state index is 0.119. The fourth-order valence-electron chi connectivity index (χ4n) is 4.28. The van der Waals surface area contributed by atoms with Gasteiger partial charge in [-0.2, -0.15) is 0 Å². The summed E-state index contributed by atoms with van der Waals surface area (Å²) in [6.07, 6.45) is 4.24. The minimum atomic E-state index is -0.119. The second kappa shape index (κ2) is 6.25. The van der Waals surface area contributed by atoms with Crippen LogP contribution in [0.4, 0.5) is 0 Å². The first-order valence-corrected chi connectivity index (χ1v) is 8.55. The highest BCUT2D eigenvalue weighted by molar-refractivity contribution is 6.01. The summed E-state index contributed by atoms with van der Waals surface area (Å²) in [7, 11) is 0. The quantitative estimate of drug-likeness (QED) is 0.812. The number of pyridine rings is 1. The SMILES string of the molecule is O=C(c1ccccc1)C(c1ccccn1)C1CN2CCC1CC2. The van der Waals surface area contributed by atoms with Crippen LogP contribution in [0.2, 0.25) is 0 Å². The Bertz CT molecular complexity index is 663. The van der Waals surface area contributed by atoms with Crippen molar-refractivity contribution in [2.75, 3.05) is 19.6 Å². The van der Waals surface area contributed by atoms with Gasteiger partial charge in [-0.25, -0.2) is 0 Å². The smallest absolute Gasteiger partial charge is 0.172 e. The van der Waals surface area contributed by atoms with Crippen LogP contribution in [0.3, 0.4) is 0 Å². The Morgan fingerprint density at radius 2 is 1.78 bits per heavy atom. The zero-order valence-corrected chi connectivity index (χ0v) is 13.3. The van der Waals surface area contributed by atoms with Gasteiger partial charge < -0.3 is 4.90 Å². The van der Waals surface area contributed by atoms with Crippen molar-refractivity contribution in [2.24, 2.45) is 11.8 Å². The van der Waals surface area contributed by atoms with Crippen LogP contribution in [0.1, 0.15) is 34.8 Å². The van der Waals surface area contributed by atoms with E-state index >= 15 is 0 Å². The Morgan fingerprint density at radius 1 is 1.04 bits per heavy atom. The molecule has 2 atom stereocenters. The van der Waals surface area contributed by atoms with Crippen molar-refractivity contribution in [3.63, 3.8) is 0 Å². The molecule has 3 nitrogen and oxygen atoms in total. The lowest BCUT2D eigenvalue weighted by Gasteiger charge is -2.47. The second-order valence-corrected chi connectivity index (χ2v) is 6.76. The van der Waals surface area contributed by atoms with Gasteiger partial charge >= 0.3 is 0 Å². The number of nitrogens with zero attached hydrogens (tertiary/aromatic N) is 2. The first kappa shape index (κ1) is 14.6. The van der Waals surface area contributed by atoms with E-state index < -0.39 is 0 Å². The van der Waals surface area contributed by atoms with Gasteiger partial charge in [-0.3, -0.25) is 9.78 Å². The summed E-state index contributed by atoms with van der Waals surface area (Å²) in [6.45, 7) is 3.41. The van der Waals surface area contributed by atoms with E-state index in [2.05, 4.69) is 9.88 Å². The zero-order chi connectivity index (χ0) is 15.6. The number of hydrogen-bond donors (Lipinski definition) is 0. The molecule has 3 fully saturated rings. The normalized spacial score (nSPS) is 27.6. The molecule has 0 saturated carbocycles. The third-order valence-electron chi connectivity index (χ3n) is 5.48. The number of ketones is 1. The second-order valence-electron chi connectivity index (χ2n) is 6.76. The number of rotatable bonds is 4. The zero-order valence-electron chi connectivity index (χ0n) is 13.3. The van der Waals surface area contributed by atoms with Crippen molar-refractivity contribution in [3.05, 3.63) is 66.0 Å². The summed E-state index contributed by atoms with van der Waals surface area (Å²) >= 11 is 0. The van der Waals surface area contributed by atoms with E-state index in [1.165, 1.54) is 25.9 Å². The summed E-state index contributed by atoms with van der Waals surface area (Å²) in [4.78, 5) is 20.3. The number of fused-ring (bicyclic) bond motifs is 3. The molecule has 3 saturated heterocycles. The molecule has 1 aromatic carbocycles. The van der Waals surface area contributed by atoms with E-state index in [0.717, 1.165) is 17.8 Å². The number of hydrogen-bond acceptors (Lipinski definition) is 3. The maximum Gasteiger partial charge on any atom is 0.172 e. The van der Waals surface area contributed by atoms with Crippen LogP contribution in [-0.4, -0.2) is 35.3 Å². The van der Waals surface area contributed by atoms with Gasteiger partial charge in [0.2, 0.25) is 0 Å². The van der Waals surface area contributed by atoms with Crippen LogP contribution in [0.15, 0.2) is 54.7 Å². The fraction of sp³-hybridized carbons (Fsp3) is 0.400. The molecule has 0 radical (unpaired) electrons. The summed E-state index contributed by atoms with van der Waals surface area (Å²) in [5, 5.41) is 0. The van der Waals surface area contributed by atoms with Gasteiger partial charge in [0.15, 0.2) is 5.78 Å². The van der Waals surface area contributed by atoms with Crippen molar-refractivity contribution in [1.82, 2.24) is 9.88 Å². The lowest BCUT2D eigenvalue weighted by molar-refractivity contribution is 0.0340. The van der Waals surface area contributed by atoms with Crippen molar-refractivity contribution in [2.45, 2.75) is 18.8 Å². The first-order valence-electron chi connectivity index (χ1n) is 8.55. The monoisotopic (exact) mass is 306 g/mol. The maximum atomic E-state index is 13.3. The van der Waals surface area contributed by atoms with Gasteiger partial charge in [0, 0.05) is 18.3 Å². The van der Waals surface area contributed by atoms with Gasteiger partial charge in [0.25, 0.3) is 0 Å². The summed E-state index contributed by atoms with van der Waals surface area (Å²) in [5.41, 5.74) is 1.74. The number of benzene rings is 1. The Hall–Kier alpha value is -2.00. The van der Waals surface area contributed by atoms with E-state index in [1.54, 1.807) is 0 Å². The van der Waals surface area contributed by atoms with Gasteiger partial charge in [-0.05, 0) is 49.9 Å². The average Bonchev–Trinajstić information content (AvgIpc) is 2.64. The van der Waals surface area contributed by atoms with Crippen molar-refractivity contribution >= 4 is 5.78 Å². The molecule has 4 heterocycles. The van der Waals surface area contributed by atoms with Gasteiger partial charge in [0.05, 0.1) is 11.6 Å². The molecule has 0 amide bonds. The summed E-state index contributed by atoms with van der Waals surface area (Å²) in [6, 6.07) is 15.6. The lowest BCUT2D eigenvalue weighted by Crippen LogP contribution is -2.50. The Labute approximate surface area is 137 Å². The highest BCUT2D eigenvalue weighted by atomic mass is 16.1. The Balaban J connectivity index is 1.71. The number of carbonyl (C=O) groups excluding carboxylic acids is 1. The van der Waals surface area contributed by atoms with Crippen molar-refractivity contribution in [1.29, 1.82) is 0 Å². The number of piperidine rings is 3. The molecule has 3 aliphatic rings. The topological polar surface area (TPSA) is 33.2 Å². The van der Waals surface area contributed by atoms with E-state index in [-0.39, 0.29) is 11.7 Å². The third-order valence-corrected chi connectivity index (χ3v) is 5.48. The van der Waals surface area contributed by atoms with Crippen LogP contribution in [0.25, 0.3) is 0 Å². The third kappa shape index (κ3) is 2.81. The van der Waals surface area contributed by atoms with Crippen LogP contribution in [0, 0.1) is 11.8 Å². The summed E-state index contributed by atoms with van der Waals surface area (Å²) < 4.78 is 0. The largest absolute Gasteiger partial charge is 0.303 e. The molecule has 1 aromatic heterocycles. The molecule has 2 unspecified atom stereocenters. The standard InChI is InChI=1S/C20H22N2O/c23-20(16-6-2-1-3-7-16)19(18-8-4-5-11-21-18)17-14-22-12-9-15(17)10-13-22/h1-8,11,15,17,19H,9-10,12-14H2. The predicted octanol–water partition coefficient (Wildman–Crippen LogP) is 3.39. The highest BCUT2D eigenvalue weighted by Gasteiger charge is 2.42. The van der Waals surface area contributed by atoms with Crippen molar-refractivity contribution in [3.8, 4) is 0 Å². The maximum absolute atomic E-state index is 13.3. The molecule has 3 aliphatic heterocycles. The molecule has 5 rings (SSSR count). The van der Waals surface area contributed by atoms with Crippen LogP contribution >= 0.6 is 0 Å². The fourth-order valence-corrected chi connectivity index (χ4v) is 4.28. The minimum Gasteiger partial charge on any atom is -0.303 e. The van der Waals surface area contributed by atoms with Crippen LogP contribution in [-0.2, 0) is 0 Å². The molecule has 0 aliphatic carbocycles. The average molecular weight is 306 g/mol. The van der Waals surface area contributed by atoms with E-state index in [9.17, 15) is 4.79 Å². The Kier molecular flexibility index (Phi) is 3.96. The molecular formula is C20H22N2O. The van der Waals surface area contributed by atoms with Crippen LogP contribution in [0.5, 0.6) is 0 Å². The molecule has 118 valence electrons. The van der Waals surface area contributed by atoms with E-state index in [0.29, 0.717) is 11.8 Å². The number of aromatic nitrogens is 1. The molecular weight excluding hydrogens is 284 g/mol. The molecule has 23 heavy (non-hydrogen) atoms. The van der Waals surface area contributed by atoms with Gasteiger partial charge in [-0.15, -0.1) is 0 Å². The molecule has 0 spiro atoms. The Morgan fingerprint density at radius 3 is 2.39 bits per heavy atom. The lowest BCUT2D eigenvalue weighted by atomic mass is 9.69. The van der Waals surface area contributed by atoms with E-state index in [1.807, 2.05) is 54.7 Å². The van der Waals surface area contributed by atoms with Gasteiger partial charge in [0.1, 0.15) is 0 Å². The highest BCUT2D eigenvalue weighted by Crippen LogP contribution is 2.41. The van der Waals surface area contributed by atoms with Crippen molar-refractivity contribution < 1.29 is 4.79 Å². The first-order chi connectivity index (χ1) is 11.3. The van der Waals surface area contributed by atoms with E-state index in [4.69, 9.17) is 0 Å². The molecule has 3 heteroatoms.